The molecule has 0 aliphatic carbocycles. The Bertz CT molecular complexity index is 2190. The van der Waals surface area contributed by atoms with Gasteiger partial charge in [0, 0.05) is 37.0 Å². The van der Waals surface area contributed by atoms with E-state index in [1.165, 1.54) is 23.9 Å². The summed E-state index contributed by atoms with van der Waals surface area (Å²) in [6.07, 6.45) is 2.43. The number of ether oxygens (including phenoxy) is 2. The van der Waals surface area contributed by atoms with Crippen molar-refractivity contribution in [3.8, 4) is 5.75 Å². The third-order valence-corrected chi connectivity index (χ3v) is 11.4. The number of pyridine rings is 1. The van der Waals surface area contributed by atoms with Gasteiger partial charge in [-0.15, -0.1) is 0 Å². The summed E-state index contributed by atoms with van der Waals surface area (Å²) in [5, 5.41) is 6.64. The molecule has 1 N–H and O–H groups in total. The number of amides is 2. The molecule has 0 unspecified atom stereocenters. The minimum Gasteiger partial charge on any atom is -0.482 e. The topological polar surface area (TPSA) is 156 Å². The minimum absolute atomic E-state index is 0.0319. The number of carbonyl (C=O) groups is 2. The Morgan fingerprint density at radius 1 is 1.00 bits per heavy atom. The highest BCUT2D eigenvalue weighted by Crippen LogP contribution is 2.51. The van der Waals surface area contributed by atoms with Gasteiger partial charge in [-0.3, -0.25) is 23.4 Å². The molecule has 4 aromatic rings. The molecule has 2 amide bonds. The first-order valence-electron chi connectivity index (χ1n) is 17.8. The van der Waals surface area contributed by atoms with E-state index < -0.39 is 73.0 Å². The highest BCUT2D eigenvalue weighted by molar-refractivity contribution is 7.48. The molecule has 4 heterocycles. The minimum atomic E-state index is -4.42. The zero-order chi connectivity index (χ0) is 39.5. The van der Waals surface area contributed by atoms with Crippen molar-refractivity contribution in [1.82, 2.24) is 14.8 Å². The number of nitrogens with one attached hydrogen (secondary N) is 1. The van der Waals surface area contributed by atoms with Crippen molar-refractivity contribution >= 4 is 25.5 Å². The van der Waals surface area contributed by atoms with Crippen LogP contribution >= 0.6 is 7.82 Å². The van der Waals surface area contributed by atoms with Gasteiger partial charge in [0.15, 0.2) is 17.0 Å². The molecule has 294 valence electrons. The van der Waals surface area contributed by atoms with Gasteiger partial charge in [-0.05, 0) is 37.0 Å². The number of methoxy groups -OCH3 is 1. The molecule has 14 nitrogen and oxygen atoms in total. The Morgan fingerprint density at radius 3 is 2.30 bits per heavy atom. The number of carbonyl (C=O) groups excluding carboxylic acids is 2. The molecule has 3 atom stereocenters. The lowest BCUT2D eigenvalue weighted by atomic mass is 9.85. The second-order valence-corrected chi connectivity index (χ2v) is 15.3. The zero-order valence-electron chi connectivity index (χ0n) is 30.5. The predicted molar refractivity (Wildman–Crippen MR) is 197 cm³/mol. The first kappa shape index (κ1) is 38.8. The molecule has 1 fully saturated rings. The number of halogens is 2. The van der Waals surface area contributed by atoms with E-state index in [1.807, 2.05) is 19.1 Å². The van der Waals surface area contributed by atoms with Gasteiger partial charge in [0.25, 0.3) is 11.8 Å². The molecule has 17 heteroatoms. The van der Waals surface area contributed by atoms with Crippen LogP contribution in [0.1, 0.15) is 69.8 Å². The standard InChI is InChI=1S/C39H39F2N4O10P/c1-25-15-16-39(18-33(50-2)43-55-39)32-21-44(25)38(48)34-36(35(46)30(20-45(32)34)37(47)42-19-28-13-14-29(40)17-31(28)41)51-24-54-56(49,52-22-26-9-5-3-6-10-26)53-23-27-11-7-4-8-12-27/h3-14,17,20,25,32H,15-16,18-19,21-24H2,1-2H3,(H,42,47)/t25-,32+,39-/m0/s1. The van der Waals surface area contributed by atoms with Crippen molar-refractivity contribution in [1.29, 1.82) is 0 Å². The fourth-order valence-corrected chi connectivity index (χ4v) is 7.98. The summed E-state index contributed by atoms with van der Waals surface area (Å²) < 4.78 is 71.9. The monoisotopic (exact) mass is 792 g/mol. The smallest absolute Gasteiger partial charge is 0.478 e. The van der Waals surface area contributed by atoms with Gasteiger partial charge in [-0.2, -0.15) is 0 Å². The number of nitrogens with zero attached hydrogens (tertiary/aromatic N) is 3. The quantitative estimate of drug-likeness (QED) is 0.121. The van der Waals surface area contributed by atoms with E-state index in [0.717, 1.165) is 6.07 Å². The van der Waals surface area contributed by atoms with Crippen LogP contribution in [0.25, 0.3) is 0 Å². The third kappa shape index (κ3) is 8.10. The lowest BCUT2D eigenvalue weighted by molar-refractivity contribution is -0.0657. The van der Waals surface area contributed by atoms with E-state index in [1.54, 1.807) is 53.4 Å². The average molecular weight is 793 g/mol. The molecule has 3 aliphatic heterocycles. The number of rotatable bonds is 13. The van der Waals surface area contributed by atoms with E-state index in [-0.39, 0.29) is 43.5 Å². The van der Waals surface area contributed by atoms with Crippen LogP contribution in [-0.4, -0.2) is 59.3 Å². The Balaban J connectivity index is 1.24. The maximum atomic E-state index is 14.5. The second-order valence-electron chi connectivity index (χ2n) is 13.6. The first-order valence-corrected chi connectivity index (χ1v) is 19.3. The summed E-state index contributed by atoms with van der Waals surface area (Å²) in [6, 6.07) is 19.7. The number of fused-ring (bicyclic) bond motifs is 5. The number of benzene rings is 3. The van der Waals surface area contributed by atoms with Crippen molar-refractivity contribution in [2.75, 3.05) is 20.4 Å². The molecule has 1 aromatic heterocycles. The number of oxime groups is 1. The highest BCUT2D eigenvalue weighted by Gasteiger charge is 2.55. The van der Waals surface area contributed by atoms with Crippen LogP contribution in [0.15, 0.2) is 95.0 Å². The Hall–Kier alpha value is -5.41. The van der Waals surface area contributed by atoms with Crippen LogP contribution in [0, 0.1) is 11.6 Å². The van der Waals surface area contributed by atoms with Gasteiger partial charge in [0.1, 0.15) is 17.2 Å². The largest absolute Gasteiger partial charge is 0.482 e. The van der Waals surface area contributed by atoms with Crippen molar-refractivity contribution in [2.24, 2.45) is 5.16 Å². The number of hydrogen-bond acceptors (Lipinski definition) is 11. The molecule has 0 saturated carbocycles. The number of aromatic nitrogens is 1. The lowest BCUT2D eigenvalue weighted by Gasteiger charge is -2.42. The summed E-state index contributed by atoms with van der Waals surface area (Å²) in [5.41, 5.74) is -1.39. The molecular weight excluding hydrogens is 753 g/mol. The maximum Gasteiger partial charge on any atom is 0.478 e. The second kappa shape index (κ2) is 16.4. The maximum absolute atomic E-state index is 14.5. The Labute approximate surface area is 320 Å². The van der Waals surface area contributed by atoms with E-state index in [9.17, 15) is 27.7 Å². The van der Waals surface area contributed by atoms with Gasteiger partial charge in [0.2, 0.25) is 18.1 Å². The van der Waals surface area contributed by atoms with Crippen molar-refractivity contribution in [3.05, 3.63) is 135 Å². The van der Waals surface area contributed by atoms with Gasteiger partial charge in [-0.25, -0.2) is 17.9 Å². The summed E-state index contributed by atoms with van der Waals surface area (Å²) in [7, 11) is -2.95. The molecule has 1 spiro atoms. The summed E-state index contributed by atoms with van der Waals surface area (Å²) >= 11 is 0. The first-order chi connectivity index (χ1) is 27.0. The zero-order valence-corrected chi connectivity index (χ0v) is 31.4. The van der Waals surface area contributed by atoms with Crippen LogP contribution < -0.4 is 15.5 Å². The van der Waals surface area contributed by atoms with Crippen LogP contribution in [0.4, 0.5) is 8.78 Å². The lowest BCUT2D eigenvalue weighted by Crippen LogP contribution is -2.52. The van der Waals surface area contributed by atoms with Crippen LogP contribution in [0.2, 0.25) is 0 Å². The fraction of sp³-hybridized carbons (Fsp3) is 0.333. The number of phosphoric acid groups is 1. The van der Waals surface area contributed by atoms with Crippen LogP contribution in [-0.2, 0) is 47.5 Å². The van der Waals surface area contributed by atoms with Gasteiger partial charge < -0.3 is 29.1 Å². The highest BCUT2D eigenvalue weighted by atomic mass is 31.2. The molecule has 3 aliphatic rings. The Morgan fingerprint density at radius 2 is 1.68 bits per heavy atom. The molecule has 2 bridgehead atoms. The molecule has 7 rings (SSSR count). The van der Waals surface area contributed by atoms with Gasteiger partial charge in [-0.1, -0.05) is 71.9 Å². The van der Waals surface area contributed by atoms with Gasteiger partial charge in [0.05, 0.1) is 32.8 Å². The van der Waals surface area contributed by atoms with Crippen LogP contribution in [0.3, 0.4) is 0 Å². The average Bonchev–Trinajstić information content (AvgIpc) is 3.59. The van der Waals surface area contributed by atoms with Crippen molar-refractivity contribution in [2.45, 2.75) is 63.6 Å². The number of phosphoric ester groups is 1. The molecular formula is C39H39F2N4O10P. The van der Waals surface area contributed by atoms with Gasteiger partial charge >= 0.3 is 7.82 Å². The van der Waals surface area contributed by atoms with Crippen molar-refractivity contribution < 1.29 is 50.8 Å². The van der Waals surface area contributed by atoms with E-state index in [4.69, 9.17) is 27.9 Å². The third-order valence-electron chi connectivity index (χ3n) is 10.1. The number of hydrogen-bond donors (Lipinski definition) is 1. The Kier molecular flexibility index (Phi) is 11.4. The van der Waals surface area contributed by atoms with E-state index in [0.29, 0.717) is 35.9 Å². The summed E-state index contributed by atoms with van der Waals surface area (Å²) in [6.45, 7) is 0.403. The molecule has 1 saturated heterocycles. The van der Waals surface area contributed by atoms with E-state index >= 15 is 0 Å². The molecule has 3 aromatic carbocycles. The SMILES string of the molecule is COC1=NO[C@@]2(CC[C@H](C)N3C[C@H]2n2cc(C(=O)NCc4ccc(F)cc4F)c(=O)c(OCOP(=O)(OCc4ccccc4)OCc4ccccc4)c2C3=O)C1. The summed E-state index contributed by atoms with van der Waals surface area (Å²) in [4.78, 5) is 50.0. The fourth-order valence-electron chi connectivity index (χ4n) is 6.96. The molecule has 0 radical (unpaired) electrons. The van der Waals surface area contributed by atoms with Crippen LogP contribution in [0.5, 0.6) is 5.75 Å². The van der Waals surface area contributed by atoms with Crippen molar-refractivity contribution in [3.63, 3.8) is 0 Å². The normalized spacial score (nSPS) is 20.2. The summed E-state index contributed by atoms with van der Waals surface area (Å²) in [5.74, 6) is -3.43. The van der Waals surface area contributed by atoms with E-state index in [2.05, 4.69) is 10.5 Å². The molecule has 56 heavy (non-hydrogen) atoms. The predicted octanol–water partition coefficient (Wildman–Crippen LogP) is 6.25.